The molecule has 0 unspecified atom stereocenters. The van der Waals surface area contributed by atoms with Gasteiger partial charge < -0.3 is 5.73 Å². The van der Waals surface area contributed by atoms with Gasteiger partial charge in [-0.1, -0.05) is 11.6 Å². The van der Waals surface area contributed by atoms with Crippen LogP contribution < -0.4 is 5.73 Å². The van der Waals surface area contributed by atoms with Gasteiger partial charge in [-0.15, -0.1) is 0 Å². The minimum Gasteiger partial charge on any atom is -0.382 e. The largest absolute Gasteiger partial charge is 0.382 e. The van der Waals surface area contributed by atoms with Crippen LogP contribution in [0, 0.1) is 12.7 Å². The zero-order valence-electron chi connectivity index (χ0n) is 8.04. The third kappa shape index (κ3) is 1.80. The van der Waals surface area contributed by atoms with Gasteiger partial charge in [0, 0.05) is 11.8 Å². The number of nitrogen functional groups attached to an aromatic ring is 1. The maximum atomic E-state index is 12.8. The monoisotopic (exact) mass is 225 g/mol. The van der Waals surface area contributed by atoms with Crippen molar-refractivity contribution in [3.05, 3.63) is 40.8 Å². The number of hydrogen-bond donors (Lipinski definition) is 1. The Morgan fingerprint density at radius 3 is 2.73 bits per heavy atom. The molecule has 1 heterocycles. The Labute approximate surface area is 91.3 Å². The minimum absolute atomic E-state index is 0.303. The van der Waals surface area contributed by atoms with E-state index in [1.54, 1.807) is 12.3 Å². The van der Waals surface area contributed by atoms with E-state index in [4.69, 9.17) is 17.3 Å². The molecule has 0 aliphatic carbocycles. The fraction of sp³-hybridized carbons (Fsp3) is 0.100. The van der Waals surface area contributed by atoms with E-state index < -0.39 is 0 Å². The summed E-state index contributed by atoms with van der Waals surface area (Å²) >= 11 is 5.88. The molecule has 0 aliphatic heterocycles. The van der Waals surface area contributed by atoms with Gasteiger partial charge in [0.15, 0.2) is 0 Å². The Hall–Kier alpha value is -1.55. The zero-order chi connectivity index (χ0) is 11.0. The Bertz CT molecular complexity index is 488. The number of benzene rings is 1. The summed E-state index contributed by atoms with van der Waals surface area (Å²) in [5.74, 6) is 0.0657. The van der Waals surface area contributed by atoms with Crippen LogP contribution in [0.4, 0.5) is 10.2 Å². The predicted molar refractivity (Wildman–Crippen MR) is 57.7 cm³/mol. The third-order valence-electron chi connectivity index (χ3n) is 2.09. The molecule has 0 saturated heterocycles. The Balaban J connectivity index is 2.54. The summed E-state index contributed by atoms with van der Waals surface area (Å²) in [5, 5.41) is 4.36. The number of anilines is 1. The first kappa shape index (κ1) is 9.98. The molecular weight excluding hydrogens is 217 g/mol. The van der Waals surface area contributed by atoms with Crippen molar-refractivity contribution in [2.75, 3.05) is 5.73 Å². The molecule has 0 aliphatic rings. The fourth-order valence-electron chi connectivity index (χ4n) is 1.26. The van der Waals surface area contributed by atoms with Crippen molar-refractivity contribution in [3.63, 3.8) is 0 Å². The van der Waals surface area contributed by atoms with Gasteiger partial charge in [0.1, 0.15) is 11.6 Å². The summed E-state index contributed by atoms with van der Waals surface area (Å²) in [7, 11) is 0. The number of halogens is 2. The average molecular weight is 226 g/mol. The van der Waals surface area contributed by atoms with E-state index in [1.165, 1.54) is 16.8 Å². The molecule has 0 radical (unpaired) electrons. The maximum Gasteiger partial charge on any atom is 0.148 e. The molecule has 0 amide bonds. The van der Waals surface area contributed by atoms with Crippen LogP contribution in [0.3, 0.4) is 0 Å². The molecule has 15 heavy (non-hydrogen) atoms. The quantitative estimate of drug-likeness (QED) is 0.811. The van der Waals surface area contributed by atoms with Crippen molar-refractivity contribution in [3.8, 4) is 5.69 Å². The highest BCUT2D eigenvalue weighted by atomic mass is 35.5. The van der Waals surface area contributed by atoms with Gasteiger partial charge in [0.2, 0.25) is 0 Å². The average Bonchev–Trinajstić information content (AvgIpc) is 2.46. The second-order valence-electron chi connectivity index (χ2n) is 3.24. The van der Waals surface area contributed by atoms with Gasteiger partial charge >= 0.3 is 0 Å². The van der Waals surface area contributed by atoms with E-state index in [9.17, 15) is 4.39 Å². The summed E-state index contributed by atoms with van der Waals surface area (Å²) in [6, 6.07) is 4.13. The molecule has 5 heteroatoms. The van der Waals surface area contributed by atoms with Crippen molar-refractivity contribution in [2.24, 2.45) is 0 Å². The van der Waals surface area contributed by atoms with Crippen LogP contribution in [0.15, 0.2) is 24.4 Å². The molecule has 0 saturated carbocycles. The Morgan fingerprint density at radius 1 is 1.47 bits per heavy atom. The summed E-state index contributed by atoms with van der Waals surface area (Å²) in [5.41, 5.74) is 7.07. The van der Waals surface area contributed by atoms with Crippen LogP contribution in [-0.2, 0) is 0 Å². The van der Waals surface area contributed by atoms with Crippen LogP contribution in [-0.4, -0.2) is 9.78 Å². The number of aromatic nitrogens is 2. The van der Waals surface area contributed by atoms with E-state index in [1.807, 2.05) is 6.92 Å². The van der Waals surface area contributed by atoms with Crippen molar-refractivity contribution in [1.82, 2.24) is 9.78 Å². The first-order chi connectivity index (χ1) is 7.08. The van der Waals surface area contributed by atoms with Gasteiger partial charge in [-0.2, -0.15) is 5.10 Å². The zero-order valence-corrected chi connectivity index (χ0v) is 8.79. The van der Waals surface area contributed by atoms with Crippen LogP contribution in [0.1, 0.15) is 5.56 Å². The molecule has 0 spiro atoms. The molecule has 3 nitrogen and oxygen atoms in total. The standard InChI is InChI=1S/C10H9ClFN3/c1-6-5-15(14-10(6)13)9-3-2-7(12)4-8(9)11/h2-5H,1H3,(H2,13,14). The molecule has 2 N–H and O–H groups in total. The van der Waals surface area contributed by atoms with Crippen molar-refractivity contribution in [2.45, 2.75) is 6.92 Å². The van der Waals surface area contributed by atoms with Crippen molar-refractivity contribution in [1.29, 1.82) is 0 Å². The molecule has 0 atom stereocenters. The van der Waals surface area contributed by atoms with E-state index in [-0.39, 0.29) is 5.82 Å². The summed E-state index contributed by atoms with van der Waals surface area (Å²) in [6.07, 6.45) is 1.74. The summed E-state index contributed by atoms with van der Waals surface area (Å²) in [4.78, 5) is 0. The molecular formula is C10H9ClFN3. The SMILES string of the molecule is Cc1cn(-c2ccc(F)cc2Cl)nc1N. The first-order valence-corrected chi connectivity index (χ1v) is 4.73. The number of nitrogens with two attached hydrogens (primary N) is 1. The lowest BCUT2D eigenvalue weighted by atomic mass is 10.3. The van der Waals surface area contributed by atoms with Gasteiger partial charge in [0.25, 0.3) is 0 Å². The van der Waals surface area contributed by atoms with E-state index in [2.05, 4.69) is 5.10 Å². The smallest absolute Gasteiger partial charge is 0.148 e. The first-order valence-electron chi connectivity index (χ1n) is 4.35. The minimum atomic E-state index is -0.374. The van der Waals surface area contributed by atoms with Crippen LogP contribution in [0.2, 0.25) is 5.02 Å². The van der Waals surface area contributed by atoms with Crippen LogP contribution in [0.25, 0.3) is 5.69 Å². The summed E-state index contributed by atoms with van der Waals surface area (Å²) in [6.45, 7) is 1.84. The molecule has 2 rings (SSSR count). The molecule has 2 aromatic rings. The Kier molecular flexibility index (Phi) is 2.36. The van der Waals surface area contributed by atoms with E-state index in [0.29, 0.717) is 16.5 Å². The normalized spacial score (nSPS) is 10.6. The van der Waals surface area contributed by atoms with E-state index >= 15 is 0 Å². The highest BCUT2D eigenvalue weighted by Crippen LogP contribution is 2.22. The lowest BCUT2D eigenvalue weighted by Gasteiger charge is -2.03. The van der Waals surface area contributed by atoms with Crippen molar-refractivity contribution >= 4 is 17.4 Å². The molecule has 0 bridgehead atoms. The molecule has 0 fully saturated rings. The van der Waals surface area contributed by atoms with E-state index in [0.717, 1.165) is 5.56 Å². The molecule has 78 valence electrons. The highest BCUT2D eigenvalue weighted by molar-refractivity contribution is 6.32. The number of aryl methyl sites for hydroxylation is 1. The Morgan fingerprint density at radius 2 is 2.20 bits per heavy atom. The lowest BCUT2D eigenvalue weighted by Crippen LogP contribution is -1.97. The number of rotatable bonds is 1. The van der Waals surface area contributed by atoms with Crippen LogP contribution in [0.5, 0.6) is 0 Å². The van der Waals surface area contributed by atoms with Gasteiger partial charge in [0.05, 0.1) is 10.7 Å². The highest BCUT2D eigenvalue weighted by Gasteiger charge is 2.07. The second kappa shape index (κ2) is 3.55. The topological polar surface area (TPSA) is 43.8 Å². The lowest BCUT2D eigenvalue weighted by molar-refractivity contribution is 0.627. The van der Waals surface area contributed by atoms with Crippen LogP contribution >= 0.6 is 11.6 Å². The van der Waals surface area contributed by atoms with Gasteiger partial charge in [-0.3, -0.25) is 0 Å². The second-order valence-corrected chi connectivity index (χ2v) is 3.64. The fourth-order valence-corrected chi connectivity index (χ4v) is 1.52. The van der Waals surface area contributed by atoms with Gasteiger partial charge in [-0.05, 0) is 25.1 Å². The molecule has 1 aromatic carbocycles. The summed E-state index contributed by atoms with van der Waals surface area (Å²) < 4.78 is 14.3. The number of hydrogen-bond acceptors (Lipinski definition) is 2. The van der Waals surface area contributed by atoms with Crippen molar-refractivity contribution < 1.29 is 4.39 Å². The molecule has 1 aromatic heterocycles. The third-order valence-corrected chi connectivity index (χ3v) is 2.39. The maximum absolute atomic E-state index is 12.8. The predicted octanol–water partition coefficient (Wildman–Crippen LogP) is 2.56. The number of nitrogens with zero attached hydrogens (tertiary/aromatic N) is 2. The van der Waals surface area contributed by atoms with Gasteiger partial charge in [-0.25, -0.2) is 9.07 Å².